The Morgan fingerprint density at radius 1 is 0.889 bits per heavy atom. The highest BCUT2D eigenvalue weighted by Crippen LogP contribution is 2.26. The van der Waals surface area contributed by atoms with Gasteiger partial charge in [0.2, 0.25) is 0 Å². The monoisotopic (exact) mass is 430 g/mol. The molecule has 0 aromatic heterocycles. The third kappa shape index (κ3) is 3.94. The molecule has 0 N–H and O–H groups in total. The van der Waals surface area contributed by atoms with E-state index in [1.54, 1.807) is 0 Å². The van der Waals surface area contributed by atoms with Gasteiger partial charge in [0.25, 0.3) is 0 Å². The van der Waals surface area contributed by atoms with E-state index in [1.165, 1.54) is 11.1 Å². The lowest BCUT2D eigenvalue weighted by Gasteiger charge is -2.15. The van der Waals surface area contributed by atoms with E-state index in [0.29, 0.717) is 5.92 Å². The maximum absolute atomic E-state index is 3.62. The second-order valence-corrected chi connectivity index (χ2v) is 6.72. The Labute approximate surface area is 133 Å². The van der Waals surface area contributed by atoms with Crippen molar-refractivity contribution in [2.75, 3.05) is 5.33 Å². The Hall–Kier alpha value is -0.120. The molecule has 0 radical (unpaired) electrons. The van der Waals surface area contributed by atoms with Gasteiger partial charge in [0.15, 0.2) is 0 Å². The first-order valence-electron chi connectivity index (χ1n) is 5.75. The average Bonchev–Trinajstić information content (AvgIpc) is 2.38. The van der Waals surface area contributed by atoms with Crippen LogP contribution in [0.4, 0.5) is 0 Å². The lowest BCUT2D eigenvalue weighted by atomic mass is 9.94. The van der Waals surface area contributed by atoms with Crippen molar-refractivity contribution >= 4 is 47.8 Å². The summed E-state index contributed by atoms with van der Waals surface area (Å²) in [6.45, 7) is 0. The summed E-state index contributed by atoms with van der Waals surface area (Å²) in [4.78, 5) is 0. The van der Waals surface area contributed by atoms with Crippen molar-refractivity contribution in [2.24, 2.45) is 0 Å². The lowest BCUT2D eigenvalue weighted by Crippen LogP contribution is -2.04. The predicted molar refractivity (Wildman–Crippen MR) is 88.5 cm³/mol. The molecule has 1 atom stereocenters. The fraction of sp³-hybridized carbons (Fsp3) is 0.200. The van der Waals surface area contributed by atoms with Crippen molar-refractivity contribution in [1.82, 2.24) is 0 Å². The molecule has 2 aromatic carbocycles. The van der Waals surface area contributed by atoms with E-state index < -0.39 is 0 Å². The Bertz CT molecular complexity index is 505. The molecule has 0 aliphatic carbocycles. The molecule has 2 rings (SSSR count). The molecule has 0 aliphatic rings. The van der Waals surface area contributed by atoms with Crippen molar-refractivity contribution in [3.8, 4) is 0 Å². The summed E-state index contributed by atoms with van der Waals surface area (Å²) in [5.74, 6) is 0.503. The fourth-order valence-electron chi connectivity index (χ4n) is 1.93. The highest BCUT2D eigenvalue weighted by atomic mass is 79.9. The molecule has 94 valence electrons. The van der Waals surface area contributed by atoms with Gasteiger partial charge in [-0.1, -0.05) is 72.1 Å². The van der Waals surface area contributed by atoms with Crippen LogP contribution in [0.1, 0.15) is 17.0 Å². The maximum atomic E-state index is 3.62. The summed E-state index contributed by atoms with van der Waals surface area (Å²) in [5.41, 5.74) is 2.73. The standard InChI is InChI=1S/C15H13Br3/c16-10-13(12-2-1-3-15(18)9-12)8-11-4-6-14(17)7-5-11/h1-7,9,13H,8,10H2. The van der Waals surface area contributed by atoms with Crippen molar-refractivity contribution in [2.45, 2.75) is 12.3 Å². The molecular formula is C15H13Br3. The third-order valence-corrected chi connectivity index (χ3v) is 4.71. The van der Waals surface area contributed by atoms with E-state index in [-0.39, 0.29) is 0 Å². The van der Waals surface area contributed by atoms with E-state index >= 15 is 0 Å². The SMILES string of the molecule is BrCC(Cc1ccc(Br)cc1)c1cccc(Br)c1. The molecule has 0 amide bonds. The van der Waals surface area contributed by atoms with Crippen LogP contribution in [0.2, 0.25) is 0 Å². The number of halogens is 3. The summed E-state index contributed by atoms with van der Waals surface area (Å²) in [6.07, 6.45) is 1.05. The highest BCUT2D eigenvalue weighted by Gasteiger charge is 2.11. The smallest absolute Gasteiger partial charge is 0.0178 e. The van der Waals surface area contributed by atoms with Crippen molar-refractivity contribution in [3.63, 3.8) is 0 Å². The zero-order valence-electron chi connectivity index (χ0n) is 9.74. The van der Waals surface area contributed by atoms with Crippen molar-refractivity contribution in [1.29, 1.82) is 0 Å². The third-order valence-electron chi connectivity index (χ3n) is 2.90. The molecule has 3 heteroatoms. The molecule has 0 aliphatic heterocycles. The molecule has 0 fully saturated rings. The first-order chi connectivity index (χ1) is 8.69. The first kappa shape index (κ1) is 14.3. The zero-order valence-corrected chi connectivity index (χ0v) is 14.5. The van der Waals surface area contributed by atoms with Gasteiger partial charge >= 0.3 is 0 Å². The van der Waals surface area contributed by atoms with Crippen LogP contribution in [-0.2, 0) is 6.42 Å². The summed E-state index contributed by atoms with van der Waals surface area (Å²) < 4.78 is 2.27. The number of hydrogen-bond acceptors (Lipinski definition) is 0. The fourth-order valence-corrected chi connectivity index (χ4v) is 3.21. The van der Waals surface area contributed by atoms with E-state index in [4.69, 9.17) is 0 Å². The Morgan fingerprint density at radius 2 is 1.61 bits per heavy atom. The summed E-state index contributed by atoms with van der Waals surface area (Å²) in [6, 6.07) is 17.1. The minimum absolute atomic E-state index is 0.503. The molecule has 0 saturated heterocycles. The molecule has 0 saturated carbocycles. The molecular weight excluding hydrogens is 420 g/mol. The van der Waals surface area contributed by atoms with E-state index in [1.807, 2.05) is 0 Å². The van der Waals surface area contributed by atoms with E-state index in [2.05, 4.69) is 96.3 Å². The molecule has 18 heavy (non-hydrogen) atoms. The number of benzene rings is 2. The first-order valence-corrected chi connectivity index (χ1v) is 8.45. The van der Waals surface area contributed by atoms with Gasteiger partial charge in [0.1, 0.15) is 0 Å². The molecule has 0 spiro atoms. The van der Waals surface area contributed by atoms with Gasteiger partial charge in [-0.2, -0.15) is 0 Å². The van der Waals surface area contributed by atoms with Crippen LogP contribution < -0.4 is 0 Å². The van der Waals surface area contributed by atoms with Crippen molar-refractivity contribution in [3.05, 3.63) is 68.6 Å². The van der Waals surface area contributed by atoms with Gasteiger partial charge < -0.3 is 0 Å². The summed E-state index contributed by atoms with van der Waals surface area (Å²) >= 11 is 10.6. The normalized spacial score (nSPS) is 12.4. The van der Waals surface area contributed by atoms with Crippen LogP contribution in [0, 0.1) is 0 Å². The summed E-state index contributed by atoms with van der Waals surface area (Å²) in [7, 11) is 0. The molecule has 1 unspecified atom stereocenters. The van der Waals surface area contributed by atoms with Gasteiger partial charge in [-0.05, 0) is 47.7 Å². The van der Waals surface area contributed by atoms with Gasteiger partial charge in [0.05, 0.1) is 0 Å². The molecule has 0 bridgehead atoms. The Morgan fingerprint density at radius 3 is 2.22 bits per heavy atom. The average molecular weight is 433 g/mol. The minimum atomic E-state index is 0.503. The summed E-state index contributed by atoms with van der Waals surface area (Å²) in [5, 5.41) is 0.972. The van der Waals surface area contributed by atoms with Crippen LogP contribution in [0.3, 0.4) is 0 Å². The second kappa shape index (κ2) is 6.88. The second-order valence-electron chi connectivity index (χ2n) is 4.24. The highest BCUT2D eigenvalue weighted by molar-refractivity contribution is 9.10. The predicted octanol–water partition coefficient (Wildman–Crippen LogP) is 5.93. The van der Waals surface area contributed by atoms with Gasteiger partial charge in [-0.25, -0.2) is 0 Å². The van der Waals surface area contributed by atoms with Crippen LogP contribution in [0.25, 0.3) is 0 Å². The lowest BCUT2D eigenvalue weighted by molar-refractivity contribution is 0.775. The minimum Gasteiger partial charge on any atom is -0.0921 e. The Kier molecular flexibility index (Phi) is 5.46. The number of alkyl halides is 1. The van der Waals surface area contributed by atoms with E-state index in [0.717, 1.165) is 20.7 Å². The van der Waals surface area contributed by atoms with E-state index in [9.17, 15) is 0 Å². The molecule has 0 nitrogen and oxygen atoms in total. The number of rotatable bonds is 4. The van der Waals surface area contributed by atoms with Gasteiger partial charge in [-0.15, -0.1) is 0 Å². The Balaban J connectivity index is 2.17. The molecule has 2 aromatic rings. The molecule has 0 heterocycles. The topological polar surface area (TPSA) is 0 Å². The van der Waals surface area contributed by atoms with Crippen LogP contribution in [0.5, 0.6) is 0 Å². The number of hydrogen-bond donors (Lipinski definition) is 0. The van der Waals surface area contributed by atoms with Crippen molar-refractivity contribution < 1.29 is 0 Å². The quantitative estimate of drug-likeness (QED) is 0.525. The maximum Gasteiger partial charge on any atom is 0.0178 e. The van der Waals surface area contributed by atoms with Gasteiger partial charge in [-0.3, -0.25) is 0 Å². The van der Waals surface area contributed by atoms with Gasteiger partial charge in [0, 0.05) is 14.3 Å². The van der Waals surface area contributed by atoms with Crippen LogP contribution in [-0.4, -0.2) is 5.33 Å². The van der Waals surface area contributed by atoms with Crippen LogP contribution >= 0.6 is 47.8 Å². The zero-order chi connectivity index (χ0) is 13.0. The van der Waals surface area contributed by atoms with Crippen LogP contribution in [0.15, 0.2) is 57.5 Å². The largest absolute Gasteiger partial charge is 0.0921 e.